The second-order valence-corrected chi connectivity index (χ2v) is 6.16. The second-order valence-electron chi connectivity index (χ2n) is 4.12. The summed E-state index contributed by atoms with van der Waals surface area (Å²) in [5.41, 5.74) is 1.35. The van der Waals surface area contributed by atoms with Gasteiger partial charge in [-0.25, -0.2) is 8.42 Å². The van der Waals surface area contributed by atoms with Crippen molar-refractivity contribution in [2.45, 2.75) is 11.3 Å². The zero-order chi connectivity index (χ0) is 11.9. The van der Waals surface area contributed by atoms with Crippen molar-refractivity contribution < 1.29 is 8.42 Å². The third-order valence-electron chi connectivity index (χ3n) is 2.94. The Morgan fingerprint density at radius 2 is 2.06 bits per heavy atom. The first kappa shape index (κ1) is 10.5. The van der Waals surface area contributed by atoms with Crippen LogP contribution in [-0.2, 0) is 9.84 Å². The SMILES string of the molecule is O=S1(=O)CCCNc2cnc3ccccc3c21. The molecule has 0 fully saturated rings. The molecule has 17 heavy (non-hydrogen) atoms. The van der Waals surface area contributed by atoms with E-state index in [0.717, 1.165) is 5.52 Å². The van der Waals surface area contributed by atoms with Gasteiger partial charge in [-0.05, 0) is 12.5 Å². The molecule has 0 atom stereocenters. The Morgan fingerprint density at radius 1 is 1.24 bits per heavy atom. The number of nitrogens with one attached hydrogen (secondary N) is 1. The number of nitrogens with zero attached hydrogens (tertiary/aromatic N) is 1. The minimum absolute atomic E-state index is 0.195. The van der Waals surface area contributed by atoms with Gasteiger partial charge < -0.3 is 5.32 Å². The van der Waals surface area contributed by atoms with E-state index in [4.69, 9.17) is 0 Å². The fraction of sp³-hybridized carbons (Fsp3) is 0.250. The van der Waals surface area contributed by atoms with Crippen LogP contribution in [0.4, 0.5) is 5.69 Å². The quantitative estimate of drug-likeness (QED) is 0.772. The number of sulfone groups is 1. The molecule has 1 aliphatic rings. The van der Waals surface area contributed by atoms with E-state index >= 15 is 0 Å². The zero-order valence-corrected chi connectivity index (χ0v) is 10.00. The number of aromatic nitrogens is 1. The predicted molar refractivity (Wildman–Crippen MR) is 66.9 cm³/mol. The molecule has 4 nitrogen and oxygen atoms in total. The lowest BCUT2D eigenvalue weighted by molar-refractivity contribution is 0.596. The lowest BCUT2D eigenvalue weighted by Crippen LogP contribution is -2.06. The van der Waals surface area contributed by atoms with E-state index in [1.54, 1.807) is 6.20 Å². The third-order valence-corrected chi connectivity index (χ3v) is 4.83. The molecule has 0 saturated heterocycles. The number of fused-ring (bicyclic) bond motifs is 3. The van der Waals surface area contributed by atoms with Crippen LogP contribution >= 0.6 is 0 Å². The van der Waals surface area contributed by atoms with Gasteiger partial charge in [0.15, 0.2) is 9.84 Å². The Balaban J connectivity index is 2.44. The van der Waals surface area contributed by atoms with Crippen LogP contribution in [0.5, 0.6) is 0 Å². The van der Waals surface area contributed by atoms with Gasteiger partial charge in [-0.3, -0.25) is 4.98 Å². The maximum absolute atomic E-state index is 12.2. The van der Waals surface area contributed by atoms with Gasteiger partial charge in [-0.2, -0.15) is 0 Å². The van der Waals surface area contributed by atoms with Crippen LogP contribution in [0.15, 0.2) is 35.4 Å². The van der Waals surface area contributed by atoms with Crippen LogP contribution in [0.1, 0.15) is 6.42 Å². The van der Waals surface area contributed by atoms with Crippen molar-refractivity contribution in [1.82, 2.24) is 4.98 Å². The highest BCUT2D eigenvalue weighted by Gasteiger charge is 2.24. The van der Waals surface area contributed by atoms with E-state index in [2.05, 4.69) is 10.3 Å². The minimum Gasteiger partial charge on any atom is -0.383 e. The number of benzene rings is 1. The normalized spacial score (nSPS) is 18.1. The summed E-state index contributed by atoms with van der Waals surface area (Å²) in [6.45, 7) is 0.673. The summed E-state index contributed by atoms with van der Waals surface area (Å²) in [5.74, 6) is 0.195. The maximum Gasteiger partial charge on any atom is 0.181 e. The first-order valence-electron chi connectivity index (χ1n) is 5.53. The molecule has 3 rings (SSSR count). The van der Waals surface area contributed by atoms with Crippen LogP contribution in [0.25, 0.3) is 10.9 Å². The van der Waals surface area contributed by atoms with E-state index in [-0.39, 0.29) is 5.75 Å². The van der Waals surface area contributed by atoms with Crippen molar-refractivity contribution >= 4 is 26.4 Å². The summed E-state index contributed by atoms with van der Waals surface area (Å²) in [7, 11) is -3.21. The number of anilines is 1. The number of para-hydroxylation sites is 1. The Morgan fingerprint density at radius 3 is 2.94 bits per heavy atom. The molecule has 2 heterocycles. The summed E-state index contributed by atoms with van der Waals surface area (Å²) in [4.78, 5) is 4.68. The molecule has 0 spiro atoms. The molecule has 0 aliphatic carbocycles. The van der Waals surface area contributed by atoms with Crippen molar-refractivity contribution in [1.29, 1.82) is 0 Å². The number of hydrogen-bond donors (Lipinski definition) is 1. The van der Waals surface area contributed by atoms with Crippen LogP contribution in [0.3, 0.4) is 0 Å². The van der Waals surface area contributed by atoms with Crippen molar-refractivity contribution in [3.05, 3.63) is 30.5 Å². The van der Waals surface area contributed by atoms with Crippen molar-refractivity contribution in [2.75, 3.05) is 17.6 Å². The molecular formula is C12H12N2O2S. The molecule has 0 radical (unpaired) electrons. The minimum atomic E-state index is -3.21. The first-order valence-corrected chi connectivity index (χ1v) is 7.18. The van der Waals surface area contributed by atoms with Crippen molar-refractivity contribution in [3.63, 3.8) is 0 Å². The third kappa shape index (κ3) is 1.67. The summed E-state index contributed by atoms with van der Waals surface area (Å²) in [6, 6.07) is 7.34. The van der Waals surface area contributed by atoms with Gasteiger partial charge >= 0.3 is 0 Å². The average Bonchev–Trinajstić information content (AvgIpc) is 2.48. The van der Waals surface area contributed by atoms with E-state index in [1.807, 2.05) is 24.3 Å². The summed E-state index contributed by atoms with van der Waals surface area (Å²) < 4.78 is 24.5. The fourth-order valence-electron chi connectivity index (χ4n) is 2.16. The van der Waals surface area contributed by atoms with Gasteiger partial charge in [0, 0.05) is 11.9 Å². The number of rotatable bonds is 0. The highest BCUT2D eigenvalue weighted by Crippen LogP contribution is 2.31. The summed E-state index contributed by atoms with van der Waals surface area (Å²) in [5, 5.41) is 3.84. The highest BCUT2D eigenvalue weighted by atomic mass is 32.2. The van der Waals surface area contributed by atoms with Gasteiger partial charge in [-0.15, -0.1) is 0 Å². The molecular weight excluding hydrogens is 236 g/mol. The molecule has 1 aliphatic heterocycles. The lowest BCUT2D eigenvalue weighted by Gasteiger charge is -2.09. The molecule has 1 aromatic carbocycles. The second kappa shape index (κ2) is 3.70. The highest BCUT2D eigenvalue weighted by molar-refractivity contribution is 7.91. The van der Waals surface area contributed by atoms with Gasteiger partial charge in [0.1, 0.15) is 4.90 Å². The lowest BCUT2D eigenvalue weighted by atomic mass is 10.2. The van der Waals surface area contributed by atoms with Gasteiger partial charge in [0.05, 0.1) is 23.2 Å². The van der Waals surface area contributed by atoms with E-state index in [0.29, 0.717) is 28.9 Å². The molecule has 0 saturated carbocycles. The monoisotopic (exact) mass is 248 g/mol. The zero-order valence-electron chi connectivity index (χ0n) is 9.18. The fourth-order valence-corrected chi connectivity index (χ4v) is 3.86. The van der Waals surface area contributed by atoms with Crippen LogP contribution in [0.2, 0.25) is 0 Å². The molecule has 0 bridgehead atoms. The Hall–Kier alpha value is -1.62. The Bertz CT molecular complexity index is 680. The van der Waals surface area contributed by atoms with E-state index in [1.165, 1.54) is 0 Å². The summed E-state index contributed by atoms with van der Waals surface area (Å²) >= 11 is 0. The van der Waals surface area contributed by atoms with Crippen LogP contribution in [0, 0.1) is 0 Å². The molecule has 88 valence electrons. The molecule has 2 aromatic rings. The number of pyridine rings is 1. The Kier molecular flexibility index (Phi) is 2.29. The standard InChI is InChI=1S/C12H12N2O2S/c15-17(16)7-3-6-13-11-8-14-10-5-2-1-4-9(10)12(11)17/h1-2,4-5,8,13H,3,6-7H2. The molecule has 1 aromatic heterocycles. The maximum atomic E-state index is 12.2. The van der Waals surface area contributed by atoms with Crippen molar-refractivity contribution in [2.24, 2.45) is 0 Å². The van der Waals surface area contributed by atoms with Gasteiger partial charge in [0.25, 0.3) is 0 Å². The Labute approximate surface area is 99.6 Å². The smallest absolute Gasteiger partial charge is 0.181 e. The number of hydrogen-bond acceptors (Lipinski definition) is 4. The van der Waals surface area contributed by atoms with Crippen LogP contribution < -0.4 is 5.32 Å². The van der Waals surface area contributed by atoms with Crippen LogP contribution in [-0.4, -0.2) is 25.7 Å². The topological polar surface area (TPSA) is 59.1 Å². The first-order chi connectivity index (χ1) is 8.18. The molecule has 0 unspecified atom stereocenters. The summed E-state index contributed by atoms with van der Waals surface area (Å²) in [6.07, 6.45) is 2.24. The van der Waals surface area contributed by atoms with E-state index < -0.39 is 9.84 Å². The molecule has 1 N–H and O–H groups in total. The van der Waals surface area contributed by atoms with Crippen molar-refractivity contribution in [3.8, 4) is 0 Å². The molecule has 5 heteroatoms. The molecule has 0 amide bonds. The average molecular weight is 248 g/mol. The van der Waals surface area contributed by atoms with Gasteiger partial charge in [0.2, 0.25) is 0 Å². The predicted octanol–water partition coefficient (Wildman–Crippen LogP) is 1.82. The van der Waals surface area contributed by atoms with Gasteiger partial charge in [-0.1, -0.05) is 18.2 Å². The van der Waals surface area contributed by atoms with E-state index in [9.17, 15) is 8.42 Å². The largest absolute Gasteiger partial charge is 0.383 e.